The molecule has 0 amide bonds. The number of rotatable bonds is 7. The molecule has 3 N–H and O–H groups in total. The maximum Gasteiger partial charge on any atom is 0.259 e. The van der Waals surface area contributed by atoms with Crippen LogP contribution >= 0.6 is 0 Å². The standard InChI is InChI=1S/C28H43NO6/c1-7-16(2)12-17(3)13-19(5)26-18(4)8-9-22(35-26)24-25(32)21(15-29(6)27(24)33)28(34)11-10-20(30)14-23(28)31/h13,15-18,22-23,26,31-32,34H,7-12,14H2,1-6H3/b19-13+/t16-,17+,18-,22+,23+,26-,28+/m0/s1. The van der Waals surface area contributed by atoms with Gasteiger partial charge in [-0.2, -0.15) is 0 Å². The number of ketones is 1. The molecule has 2 fully saturated rings. The van der Waals surface area contributed by atoms with Crippen molar-refractivity contribution in [2.45, 2.75) is 103 Å². The molecular weight excluding hydrogens is 446 g/mol. The second kappa shape index (κ2) is 11.0. The number of aromatic nitrogens is 1. The van der Waals surface area contributed by atoms with E-state index in [0.29, 0.717) is 18.3 Å². The van der Waals surface area contributed by atoms with Gasteiger partial charge in [-0.1, -0.05) is 40.2 Å². The monoisotopic (exact) mass is 489 g/mol. The Morgan fingerprint density at radius 3 is 2.63 bits per heavy atom. The lowest BCUT2D eigenvalue weighted by Gasteiger charge is -2.39. The van der Waals surface area contributed by atoms with E-state index in [1.807, 2.05) is 0 Å². The van der Waals surface area contributed by atoms with Crippen LogP contribution in [-0.2, 0) is 22.2 Å². The normalized spacial score (nSPS) is 31.9. The predicted molar refractivity (Wildman–Crippen MR) is 135 cm³/mol. The number of aliphatic hydroxyl groups excluding tert-OH is 1. The fourth-order valence-electron chi connectivity index (χ4n) is 5.78. The minimum Gasteiger partial charge on any atom is -0.507 e. The third kappa shape index (κ3) is 5.73. The van der Waals surface area contributed by atoms with E-state index >= 15 is 0 Å². The number of allylic oxidation sites excluding steroid dienone is 1. The number of Topliss-reactive ketones (excluding diaryl/α,β-unsaturated/α-hetero) is 1. The molecule has 1 aliphatic carbocycles. The molecule has 35 heavy (non-hydrogen) atoms. The Kier molecular flexibility index (Phi) is 8.66. The summed E-state index contributed by atoms with van der Waals surface area (Å²) in [5, 5.41) is 33.1. The Morgan fingerprint density at radius 2 is 2.00 bits per heavy atom. The fraction of sp³-hybridized carbons (Fsp3) is 0.714. The Labute approximate surface area is 208 Å². The number of carbonyl (C=O) groups is 1. The van der Waals surface area contributed by atoms with Gasteiger partial charge in [0, 0.05) is 31.6 Å². The molecule has 2 aliphatic rings. The molecule has 0 radical (unpaired) electrons. The van der Waals surface area contributed by atoms with Crippen molar-refractivity contribution >= 4 is 5.78 Å². The molecule has 0 aromatic carbocycles. The van der Waals surface area contributed by atoms with Crippen molar-refractivity contribution < 1.29 is 24.9 Å². The predicted octanol–water partition coefficient (Wildman–Crippen LogP) is 4.27. The summed E-state index contributed by atoms with van der Waals surface area (Å²) in [6.45, 7) is 10.9. The van der Waals surface area contributed by atoms with Gasteiger partial charge in [0.25, 0.3) is 5.56 Å². The average Bonchev–Trinajstić information content (AvgIpc) is 2.79. The minimum absolute atomic E-state index is 0.0146. The van der Waals surface area contributed by atoms with Gasteiger partial charge in [-0.25, -0.2) is 0 Å². The summed E-state index contributed by atoms with van der Waals surface area (Å²) in [5.74, 6) is 0.849. The van der Waals surface area contributed by atoms with Crippen LogP contribution in [0.4, 0.5) is 0 Å². The molecule has 1 saturated heterocycles. The van der Waals surface area contributed by atoms with Crippen LogP contribution in [0.15, 0.2) is 22.6 Å². The van der Waals surface area contributed by atoms with Crippen LogP contribution in [-0.4, -0.2) is 37.9 Å². The molecule has 0 bridgehead atoms. The van der Waals surface area contributed by atoms with Crippen LogP contribution in [0.1, 0.15) is 96.8 Å². The molecule has 1 aromatic rings. The highest BCUT2D eigenvalue weighted by molar-refractivity contribution is 5.80. The quantitative estimate of drug-likeness (QED) is 0.494. The third-order valence-corrected chi connectivity index (χ3v) is 8.11. The summed E-state index contributed by atoms with van der Waals surface area (Å²) in [6, 6.07) is 0. The first-order valence-electron chi connectivity index (χ1n) is 13.1. The second-order valence-corrected chi connectivity index (χ2v) is 11.1. The Morgan fingerprint density at radius 1 is 1.31 bits per heavy atom. The number of pyridine rings is 1. The lowest BCUT2D eigenvalue weighted by Crippen LogP contribution is -2.46. The molecule has 3 rings (SSSR count). The van der Waals surface area contributed by atoms with E-state index in [1.165, 1.54) is 10.8 Å². The number of carbonyl (C=O) groups excluding carboxylic acids is 1. The molecular formula is C28H43NO6. The molecule has 1 aliphatic heterocycles. The number of aryl methyl sites for hydroxylation is 1. The van der Waals surface area contributed by atoms with Gasteiger partial charge >= 0.3 is 0 Å². The van der Waals surface area contributed by atoms with Gasteiger partial charge in [0.15, 0.2) is 0 Å². The van der Waals surface area contributed by atoms with Crippen LogP contribution in [0.25, 0.3) is 0 Å². The lowest BCUT2D eigenvalue weighted by molar-refractivity contribution is -0.143. The van der Waals surface area contributed by atoms with Gasteiger partial charge in [0.1, 0.15) is 17.1 Å². The fourth-order valence-corrected chi connectivity index (χ4v) is 5.78. The van der Waals surface area contributed by atoms with E-state index in [2.05, 4.69) is 40.7 Å². The molecule has 196 valence electrons. The van der Waals surface area contributed by atoms with E-state index in [9.17, 15) is 24.9 Å². The van der Waals surface area contributed by atoms with Gasteiger partial charge in [0.05, 0.1) is 23.9 Å². The first-order chi connectivity index (χ1) is 16.4. The Hall–Kier alpha value is -1.96. The van der Waals surface area contributed by atoms with Crippen molar-refractivity contribution in [2.24, 2.45) is 24.8 Å². The van der Waals surface area contributed by atoms with Crippen LogP contribution < -0.4 is 5.56 Å². The topological polar surface area (TPSA) is 109 Å². The molecule has 2 heterocycles. The molecule has 1 saturated carbocycles. The first-order valence-corrected chi connectivity index (χ1v) is 13.1. The zero-order valence-corrected chi connectivity index (χ0v) is 22.1. The first kappa shape index (κ1) is 27.6. The third-order valence-electron chi connectivity index (χ3n) is 8.11. The smallest absolute Gasteiger partial charge is 0.259 e. The maximum atomic E-state index is 13.2. The summed E-state index contributed by atoms with van der Waals surface area (Å²) in [6.07, 6.45) is 5.01. The summed E-state index contributed by atoms with van der Waals surface area (Å²) in [7, 11) is 1.56. The molecule has 1 aromatic heterocycles. The van der Waals surface area contributed by atoms with E-state index < -0.39 is 17.8 Å². The van der Waals surface area contributed by atoms with E-state index in [-0.39, 0.29) is 59.5 Å². The minimum atomic E-state index is -1.80. The van der Waals surface area contributed by atoms with Gasteiger partial charge in [0.2, 0.25) is 0 Å². The zero-order valence-electron chi connectivity index (χ0n) is 22.1. The van der Waals surface area contributed by atoms with Crippen molar-refractivity contribution in [3.05, 3.63) is 39.3 Å². The van der Waals surface area contributed by atoms with E-state index in [4.69, 9.17) is 4.74 Å². The molecule has 7 heteroatoms. The average molecular weight is 490 g/mol. The highest BCUT2D eigenvalue weighted by Gasteiger charge is 2.46. The number of hydrogen-bond acceptors (Lipinski definition) is 6. The lowest BCUT2D eigenvalue weighted by atomic mass is 9.76. The van der Waals surface area contributed by atoms with Crippen molar-refractivity contribution in [3.8, 4) is 5.75 Å². The number of nitrogens with zero attached hydrogens (tertiary/aromatic N) is 1. The van der Waals surface area contributed by atoms with Crippen molar-refractivity contribution in [1.82, 2.24) is 4.57 Å². The maximum absolute atomic E-state index is 13.2. The zero-order chi connectivity index (χ0) is 26.1. The largest absolute Gasteiger partial charge is 0.507 e. The summed E-state index contributed by atoms with van der Waals surface area (Å²) < 4.78 is 7.79. The van der Waals surface area contributed by atoms with Crippen molar-refractivity contribution in [1.29, 1.82) is 0 Å². The van der Waals surface area contributed by atoms with E-state index in [1.54, 1.807) is 7.05 Å². The Balaban J connectivity index is 1.95. The molecule has 0 spiro atoms. The van der Waals surface area contributed by atoms with Crippen LogP contribution in [0.2, 0.25) is 0 Å². The summed E-state index contributed by atoms with van der Waals surface area (Å²) in [5.41, 5.74) is -0.879. The molecule has 7 atom stereocenters. The van der Waals surface area contributed by atoms with Crippen molar-refractivity contribution in [2.75, 3.05) is 0 Å². The number of hydrogen-bond donors (Lipinski definition) is 3. The van der Waals surface area contributed by atoms with Gasteiger partial charge in [-0.15, -0.1) is 0 Å². The molecule has 7 nitrogen and oxygen atoms in total. The summed E-state index contributed by atoms with van der Waals surface area (Å²) >= 11 is 0. The van der Waals surface area contributed by atoms with Crippen molar-refractivity contribution in [3.63, 3.8) is 0 Å². The summed E-state index contributed by atoms with van der Waals surface area (Å²) in [4.78, 5) is 24.9. The van der Waals surface area contributed by atoms with Crippen LogP contribution in [0.3, 0.4) is 0 Å². The van der Waals surface area contributed by atoms with Crippen LogP contribution in [0.5, 0.6) is 5.75 Å². The number of aromatic hydroxyl groups is 1. The second-order valence-electron chi connectivity index (χ2n) is 11.1. The van der Waals surface area contributed by atoms with Gasteiger partial charge in [-0.3, -0.25) is 9.59 Å². The molecule has 0 unspecified atom stereocenters. The van der Waals surface area contributed by atoms with Gasteiger partial charge in [-0.05, 0) is 55.9 Å². The van der Waals surface area contributed by atoms with Crippen LogP contribution in [0, 0.1) is 17.8 Å². The number of aliphatic hydroxyl groups is 2. The van der Waals surface area contributed by atoms with Gasteiger partial charge < -0.3 is 24.6 Å². The highest BCUT2D eigenvalue weighted by atomic mass is 16.5. The number of ether oxygens (including phenoxy) is 1. The Bertz CT molecular complexity index is 1010. The van der Waals surface area contributed by atoms with E-state index in [0.717, 1.165) is 24.8 Å². The highest BCUT2D eigenvalue weighted by Crippen LogP contribution is 2.45. The SMILES string of the molecule is CC[C@H](C)C[C@@H](C)/C=C(\C)[C@H]1O[C@@H](c2c(O)c([C@]3(O)CCC(=O)C[C@H]3O)cn(C)c2=O)CC[C@@H]1C.